The molecule has 0 atom stereocenters. The first kappa shape index (κ1) is 19.8. The summed E-state index contributed by atoms with van der Waals surface area (Å²) in [6.45, 7) is 14.0. The van der Waals surface area contributed by atoms with E-state index in [1.54, 1.807) is 4.90 Å². The maximum absolute atomic E-state index is 12.1. The van der Waals surface area contributed by atoms with Gasteiger partial charge in [-0.05, 0) is 80.0 Å². The molecule has 0 aromatic heterocycles. The number of piperazine rings is 1. The van der Waals surface area contributed by atoms with Gasteiger partial charge in [-0.3, -0.25) is 4.90 Å². The molecule has 0 bridgehead atoms. The molecule has 1 aliphatic rings. The van der Waals surface area contributed by atoms with E-state index in [1.165, 1.54) is 20.3 Å². The van der Waals surface area contributed by atoms with E-state index in [9.17, 15) is 4.79 Å². The van der Waals surface area contributed by atoms with Crippen LogP contribution in [0.25, 0.3) is 0 Å². The predicted octanol–water partition coefficient (Wildman–Crippen LogP) is 4.25. The average Bonchev–Trinajstić information content (AvgIpc) is 2.49. The summed E-state index contributed by atoms with van der Waals surface area (Å²) in [5.41, 5.74) is 3.46. The lowest BCUT2D eigenvalue weighted by molar-refractivity contribution is 0.0139. The highest BCUT2D eigenvalue weighted by atomic mass is 127. The van der Waals surface area contributed by atoms with Crippen molar-refractivity contribution < 1.29 is 9.53 Å². The maximum Gasteiger partial charge on any atom is 0.410 e. The third-order valence-corrected chi connectivity index (χ3v) is 6.34. The van der Waals surface area contributed by atoms with Crippen LogP contribution in [0.15, 0.2) is 11.0 Å². The number of rotatable bonds is 2. The molecule has 0 unspecified atom stereocenters. The van der Waals surface area contributed by atoms with E-state index in [-0.39, 0.29) is 6.09 Å². The number of carbonyl (C=O) groups excluding carboxylic acids is 1. The second-order valence-electron chi connectivity index (χ2n) is 7.36. The van der Waals surface area contributed by atoms with Crippen molar-refractivity contribution in [3.05, 3.63) is 26.3 Å². The number of nitrogens with zero attached hydrogens (tertiary/aromatic N) is 2. The molecule has 1 aromatic rings. The third kappa shape index (κ3) is 5.02. The van der Waals surface area contributed by atoms with Crippen molar-refractivity contribution in [1.82, 2.24) is 9.80 Å². The summed E-state index contributed by atoms with van der Waals surface area (Å²) < 4.78 is 6.75. The van der Waals surface area contributed by atoms with E-state index >= 15 is 0 Å². The van der Waals surface area contributed by atoms with Gasteiger partial charge in [-0.15, -0.1) is 12.6 Å². The smallest absolute Gasteiger partial charge is 0.410 e. The summed E-state index contributed by atoms with van der Waals surface area (Å²) in [4.78, 5) is 17.4. The lowest BCUT2D eigenvalue weighted by Crippen LogP contribution is -2.49. The summed E-state index contributed by atoms with van der Waals surface area (Å²) in [7, 11) is 0. The van der Waals surface area contributed by atoms with Gasteiger partial charge in [0.05, 0.1) is 0 Å². The van der Waals surface area contributed by atoms with Crippen LogP contribution in [0.2, 0.25) is 0 Å². The van der Waals surface area contributed by atoms with E-state index in [0.29, 0.717) is 13.1 Å². The predicted molar refractivity (Wildman–Crippen MR) is 109 cm³/mol. The summed E-state index contributed by atoms with van der Waals surface area (Å²) in [6.07, 6.45) is -0.208. The number of hydrogen-bond donors (Lipinski definition) is 1. The highest BCUT2D eigenvalue weighted by Gasteiger charge is 2.26. The Morgan fingerprint density at radius 3 is 2.33 bits per heavy atom. The molecule has 1 aliphatic heterocycles. The summed E-state index contributed by atoms with van der Waals surface area (Å²) >= 11 is 6.99. The van der Waals surface area contributed by atoms with Crippen molar-refractivity contribution >= 4 is 41.3 Å². The fraction of sp³-hybridized carbons (Fsp3) is 0.611. The monoisotopic (exact) mass is 462 g/mol. The van der Waals surface area contributed by atoms with Crippen molar-refractivity contribution in [1.29, 1.82) is 0 Å². The first-order chi connectivity index (χ1) is 11.1. The quantitative estimate of drug-likeness (QED) is 0.527. The molecule has 1 heterocycles. The Labute approximate surface area is 164 Å². The van der Waals surface area contributed by atoms with Crippen molar-refractivity contribution in [3.63, 3.8) is 0 Å². The second kappa shape index (κ2) is 7.83. The Bertz CT molecular complexity index is 620. The van der Waals surface area contributed by atoms with Gasteiger partial charge in [-0.1, -0.05) is 0 Å². The van der Waals surface area contributed by atoms with Crippen LogP contribution in [0, 0.1) is 17.4 Å². The molecule has 2 rings (SSSR count). The zero-order valence-electron chi connectivity index (χ0n) is 15.1. The number of thiol groups is 1. The highest BCUT2D eigenvalue weighted by molar-refractivity contribution is 14.1. The highest BCUT2D eigenvalue weighted by Crippen LogP contribution is 2.27. The van der Waals surface area contributed by atoms with Crippen LogP contribution < -0.4 is 0 Å². The van der Waals surface area contributed by atoms with Crippen molar-refractivity contribution in [2.75, 3.05) is 26.2 Å². The largest absolute Gasteiger partial charge is 0.444 e. The normalized spacial score (nSPS) is 16.4. The van der Waals surface area contributed by atoms with Gasteiger partial charge in [0.1, 0.15) is 5.60 Å². The molecule has 24 heavy (non-hydrogen) atoms. The molecule has 1 aromatic carbocycles. The number of carbonyl (C=O) groups is 1. The molecule has 1 amide bonds. The van der Waals surface area contributed by atoms with Crippen molar-refractivity contribution in [3.8, 4) is 0 Å². The first-order valence-electron chi connectivity index (χ1n) is 8.26. The van der Waals surface area contributed by atoms with E-state index in [1.807, 2.05) is 20.8 Å². The van der Waals surface area contributed by atoms with E-state index in [4.69, 9.17) is 4.74 Å². The average molecular weight is 462 g/mol. The molecule has 6 heteroatoms. The number of amides is 1. The van der Waals surface area contributed by atoms with Crippen molar-refractivity contribution in [2.45, 2.75) is 51.7 Å². The molecule has 0 saturated carbocycles. The van der Waals surface area contributed by atoms with E-state index in [2.05, 4.69) is 60.0 Å². The Morgan fingerprint density at radius 1 is 1.21 bits per heavy atom. The number of ether oxygens (including phenoxy) is 1. The first-order valence-corrected chi connectivity index (χ1v) is 9.79. The van der Waals surface area contributed by atoms with Gasteiger partial charge in [0.25, 0.3) is 0 Å². The lowest BCUT2D eigenvalue weighted by atomic mass is 10.0. The minimum Gasteiger partial charge on any atom is -0.444 e. The molecule has 1 saturated heterocycles. The molecule has 0 aliphatic carbocycles. The SMILES string of the molecule is Cc1c(S)cc(CN2CCN(C(=O)OC(C)(C)C)CC2)c(C)c1I. The third-order valence-electron chi connectivity index (χ3n) is 4.25. The van der Waals surface area contributed by atoms with E-state index in [0.717, 1.165) is 24.5 Å². The van der Waals surface area contributed by atoms with Crippen LogP contribution in [-0.4, -0.2) is 47.7 Å². The van der Waals surface area contributed by atoms with Crippen LogP contribution in [-0.2, 0) is 11.3 Å². The molecule has 0 spiro atoms. The van der Waals surface area contributed by atoms with Gasteiger partial charge in [0.2, 0.25) is 0 Å². The maximum atomic E-state index is 12.1. The number of hydrogen-bond acceptors (Lipinski definition) is 4. The van der Waals surface area contributed by atoms with Gasteiger partial charge in [0, 0.05) is 41.2 Å². The zero-order chi connectivity index (χ0) is 18.1. The van der Waals surface area contributed by atoms with Gasteiger partial charge in [-0.25, -0.2) is 4.79 Å². The number of benzene rings is 1. The van der Waals surface area contributed by atoms with Crippen LogP contribution in [0.5, 0.6) is 0 Å². The Balaban J connectivity index is 1.96. The minimum absolute atomic E-state index is 0.208. The Hall–Kier alpha value is -0.470. The van der Waals surface area contributed by atoms with Crippen LogP contribution in [0.3, 0.4) is 0 Å². The Morgan fingerprint density at radius 2 is 1.79 bits per heavy atom. The lowest BCUT2D eigenvalue weighted by Gasteiger charge is -2.36. The second-order valence-corrected chi connectivity index (χ2v) is 8.92. The molecular formula is C18H27IN2O2S. The van der Waals surface area contributed by atoms with E-state index < -0.39 is 5.60 Å². The fourth-order valence-electron chi connectivity index (χ4n) is 2.74. The standard InChI is InChI=1S/C18H27IN2O2S/c1-12-14(10-15(24)13(2)16(12)19)11-20-6-8-21(9-7-20)17(22)23-18(3,4)5/h10,24H,6-9,11H2,1-5H3. The van der Waals surface area contributed by atoms with Crippen molar-refractivity contribution in [2.24, 2.45) is 0 Å². The van der Waals surface area contributed by atoms with Crippen LogP contribution in [0.4, 0.5) is 4.79 Å². The summed E-state index contributed by atoms with van der Waals surface area (Å²) in [5, 5.41) is 0. The Kier molecular flexibility index (Phi) is 6.47. The zero-order valence-corrected chi connectivity index (χ0v) is 18.2. The molecule has 1 fully saturated rings. The van der Waals surface area contributed by atoms with Gasteiger partial charge < -0.3 is 9.64 Å². The van der Waals surface area contributed by atoms with Gasteiger partial charge in [-0.2, -0.15) is 0 Å². The molecule has 0 radical (unpaired) electrons. The van der Waals surface area contributed by atoms with Gasteiger partial charge in [0.15, 0.2) is 0 Å². The summed E-state index contributed by atoms with van der Waals surface area (Å²) in [5.74, 6) is 0. The number of halogens is 1. The topological polar surface area (TPSA) is 32.8 Å². The fourth-order valence-corrected chi connectivity index (χ4v) is 3.85. The molecule has 0 N–H and O–H groups in total. The van der Waals surface area contributed by atoms with Gasteiger partial charge >= 0.3 is 6.09 Å². The molecular weight excluding hydrogens is 435 g/mol. The van der Waals surface area contributed by atoms with Crippen LogP contribution >= 0.6 is 35.2 Å². The van der Waals surface area contributed by atoms with Crippen LogP contribution in [0.1, 0.15) is 37.5 Å². The summed E-state index contributed by atoms with van der Waals surface area (Å²) in [6, 6.07) is 2.18. The molecule has 134 valence electrons. The minimum atomic E-state index is -0.438. The molecule has 4 nitrogen and oxygen atoms in total.